The van der Waals surface area contributed by atoms with E-state index < -0.39 is 83.6 Å². The van der Waals surface area contributed by atoms with Crippen molar-refractivity contribution in [3.05, 3.63) is 261 Å². The number of methoxy groups -OCH3 is 4. The highest BCUT2D eigenvalue weighted by Crippen LogP contribution is 2.28. The number of rotatable bonds is 51. The van der Waals surface area contributed by atoms with E-state index in [4.69, 9.17) is 43.6 Å². The maximum atomic E-state index is 15.0. The maximum absolute atomic E-state index is 15.0. The average Bonchev–Trinajstić information content (AvgIpc) is 0.829. The lowest BCUT2D eigenvalue weighted by atomic mass is 9.95. The first kappa shape index (κ1) is 93.3. The minimum atomic E-state index is -1.22. The molecule has 9 N–H and O–H groups in total. The number of carbonyl (C=O) groups is 12. The number of alkyl carbamates (subject to hydrolysis) is 4. The van der Waals surface area contributed by atoms with Crippen molar-refractivity contribution in [1.82, 2.24) is 37.2 Å². The molecule has 0 aliphatic heterocycles. The van der Waals surface area contributed by atoms with Crippen molar-refractivity contribution in [3.8, 4) is 23.0 Å². The fourth-order valence-corrected chi connectivity index (χ4v) is 13.2. The van der Waals surface area contributed by atoms with Crippen LogP contribution < -0.4 is 61.9 Å². The highest BCUT2D eigenvalue weighted by molar-refractivity contribution is 6.04. The summed E-state index contributed by atoms with van der Waals surface area (Å²) in [5.74, 6) is -3.46. The van der Waals surface area contributed by atoms with Crippen molar-refractivity contribution in [2.45, 2.75) is 160 Å². The first-order valence-electron chi connectivity index (χ1n) is 40.4. The molecule has 0 aromatic heterocycles. The zero-order valence-electron chi connectivity index (χ0n) is 69.0. The molecule has 0 bridgehead atoms. The second kappa shape index (κ2) is 50.5. The number of Topliss-reactive ketones (excluding diaryl/α,β-unsaturated/α-hetero) is 5. The van der Waals surface area contributed by atoms with E-state index in [0.29, 0.717) is 85.9 Å². The molecule has 0 spiro atoms. The van der Waals surface area contributed by atoms with Crippen molar-refractivity contribution in [2.75, 3.05) is 54.6 Å². The van der Waals surface area contributed by atoms with Gasteiger partial charge >= 0.3 is 24.4 Å². The van der Waals surface area contributed by atoms with Crippen LogP contribution >= 0.6 is 0 Å². The van der Waals surface area contributed by atoms with Gasteiger partial charge in [-0.3, -0.25) is 38.4 Å². The molecule has 0 fully saturated rings. The summed E-state index contributed by atoms with van der Waals surface area (Å²) in [5.41, 5.74) is 11.4. The third kappa shape index (κ3) is 32.2. The van der Waals surface area contributed by atoms with Gasteiger partial charge in [0, 0.05) is 51.9 Å². The monoisotopic (exact) mass is 1660 g/mol. The number of hydrogen-bond acceptors (Lipinski definition) is 21. The first-order chi connectivity index (χ1) is 58.6. The molecule has 28 nitrogen and oxygen atoms in total. The number of amides is 7. The number of ether oxygens (including phenoxy) is 8. The van der Waals surface area contributed by atoms with Gasteiger partial charge in [0.25, 0.3) is 17.7 Å². The van der Waals surface area contributed by atoms with Gasteiger partial charge in [0.05, 0.1) is 74.9 Å². The second-order valence-corrected chi connectivity index (χ2v) is 28.9. The maximum Gasteiger partial charge on any atom is 0.407 e. The minimum Gasteiger partial charge on any atom is -0.496 e. The van der Waals surface area contributed by atoms with Crippen LogP contribution in [0.15, 0.2) is 194 Å². The number of nitrogens with one attached hydrogen (secondary N) is 7. The number of carbonyl (C=O) groups excluding carboxylic acids is 12. The van der Waals surface area contributed by atoms with Gasteiger partial charge in [-0.1, -0.05) is 146 Å². The Labute approximate surface area is 704 Å². The fraction of sp³-hybridized carbons (Fsp3) is 0.355. The molecule has 0 unspecified atom stereocenters. The van der Waals surface area contributed by atoms with E-state index >= 15 is 0 Å². The average molecular weight is 1660 g/mol. The predicted octanol–water partition coefficient (Wildman–Crippen LogP) is 12.5. The molecule has 0 heterocycles. The molecule has 640 valence electrons. The van der Waals surface area contributed by atoms with Crippen LogP contribution in [0.2, 0.25) is 0 Å². The highest BCUT2D eigenvalue weighted by atomic mass is 16.6. The van der Waals surface area contributed by atoms with E-state index in [1.165, 1.54) is 71.8 Å². The summed E-state index contributed by atoms with van der Waals surface area (Å²) in [7, 11) is 5.51. The molecular weight excluding hydrogens is 1550 g/mol. The Kier molecular flexibility index (Phi) is 38.9. The standard InChI is InChI=1S/C93H108N8O20/c1-62(102)71-50-67(38-42-83(71)114-2)55-80(104)76(35-19-23-47-96-91(111)119-59-64-28-12-7-13-29-64)99-88(108)73-52-69(40-44-85(73)116-4)57-82(106)78(37-21-25-49-98-93(113)121-61-66-32-16-9-17-33-66)101-89(109)74-53-70(41-45-86(74)117-5)56-81(105)77(36-20-24-48-97-92(112)120-60-65-30-14-8-15-31-65)100-87(107)72-51-68(39-43-84(72)115-3)54-79(103)75(94)34-18-22-46-95-90(110)118-58-63-26-10-6-11-27-63/h6-17,26-33,38-45,50-53,75-78H,18-25,34-37,46-49,54-61,94H2,1-5H3,(H,95,110)(H,96,111)(H,97,112)(H,98,113)(H,99,108)(H,100,107)(H,101,109)/t75-,76-,77-,78-/m0/s1. The van der Waals surface area contributed by atoms with Gasteiger partial charge < -0.3 is 80.8 Å². The Morgan fingerprint density at radius 1 is 0.289 bits per heavy atom. The van der Waals surface area contributed by atoms with Crippen LogP contribution in [0.5, 0.6) is 23.0 Å². The van der Waals surface area contributed by atoms with E-state index in [1.54, 1.807) is 36.4 Å². The largest absolute Gasteiger partial charge is 0.496 e. The third-order valence-electron chi connectivity index (χ3n) is 19.8. The number of hydrogen-bond donors (Lipinski definition) is 8. The first-order valence-corrected chi connectivity index (χ1v) is 40.4. The van der Waals surface area contributed by atoms with Gasteiger partial charge in [0.2, 0.25) is 0 Å². The molecule has 28 heteroatoms. The van der Waals surface area contributed by atoms with Crippen LogP contribution in [0, 0.1) is 0 Å². The van der Waals surface area contributed by atoms with Gasteiger partial charge in [-0.2, -0.15) is 0 Å². The summed E-state index contributed by atoms with van der Waals surface area (Å²) < 4.78 is 43.8. The van der Waals surface area contributed by atoms with E-state index in [0.717, 1.165) is 22.3 Å². The summed E-state index contributed by atoms with van der Waals surface area (Å²) in [6.07, 6.45) is 0.184. The zero-order valence-corrected chi connectivity index (χ0v) is 69.0. The number of benzene rings is 8. The van der Waals surface area contributed by atoms with E-state index in [9.17, 15) is 57.5 Å². The normalized spacial score (nSPS) is 11.8. The SMILES string of the molecule is COc1ccc(CC(=O)[C@H](CCCCNC(=O)OCc2ccccc2)NC(=O)c2cc(CC(=O)[C@H](CCCCNC(=O)OCc3ccccc3)NC(=O)c3cc(CC(=O)[C@H](CCCCNC(=O)OCc4ccccc4)NC(=O)c4cc(CC(=O)[C@@H](N)CCCCNC(=O)OCc5ccccc5)ccc4OC)ccc3OC)ccc2OC)cc1C(C)=O. The van der Waals surface area contributed by atoms with Crippen LogP contribution in [0.3, 0.4) is 0 Å². The summed E-state index contributed by atoms with van der Waals surface area (Å²) >= 11 is 0. The summed E-state index contributed by atoms with van der Waals surface area (Å²) in [5, 5.41) is 19.6. The van der Waals surface area contributed by atoms with Crippen LogP contribution in [0.1, 0.15) is 170 Å². The molecule has 8 aromatic rings. The van der Waals surface area contributed by atoms with Crippen molar-refractivity contribution >= 4 is 71.0 Å². The molecule has 8 aromatic carbocycles. The number of ketones is 5. The van der Waals surface area contributed by atoms with Gasteiger partial charge in [0.15, 0.2) is 28.9 Å². The smallest absolute Gasteiger partial charge is 0.407 e. The predicted molar refractivity (Wildman–Crippen MR) is 452 cm³/mol. The van der Waals surface area contributed by atoms with Crippen molar-refractivity contribution in [2.24, 2.45) is 5.73 Å². The van der Waals surface area contributed by atoms with Gasteiger partial charge in [-0.15, -0.1) is 0 Å². The third-order valence-corrected chi connectivity index (χ3v) is 19.8. The Balaban J connectivity index is 0.975. The number of nitrogens with two attached hydrogens (primary N) is 1. The van der Waals surface area contributed by atoms with Gasteiger partial charge in [-0.25, -0.2) is 19.2 Å². The van der Waals surface area contributed by atoms with Gasteiger partial charge in [-0.05, 0) is 177 Å². The molecule has 0 aliphatic rings. The Hall–Kier alpha value is -13.2. The highest BCUT2D eigenvalue weighted by Gasteiger charge is 2.30. The Morgan fingerprint density at radius 2 is 0.529 bits per heavy atom. The topological polar surface area (TPSA) is 389 Å². The van der Waals surface area contributed by atoms with E-state index in [-0.39, 0.29) is 148 Å². The van der Waals surface area contributed by atoms with Crippen LogP contribution in [0.25, 0.3) is 0 Å². The van der Waals surface area contributed by atoms with Crippen molar-refractivity contribution in [3.63, 3.8) is 0 Å². The van der Waals surface area contributed by atoms with E-state index in [1.807, 2.05) is 121 Å². The summed E-state index contributed by atoms with van der Waals surface area (Å²) in [6.45, 7) is 2.46. The minimum absolute atomic E-state index is 0.0239. The molecule has 0 radical (unpaired) electrons. The van der Waals surface area contributed by atoms with Crippen LogP contribution in [-0.4, -0.2) is 150 Å². The van der Waals surface area contributed by atoms with Crippen LogP contribution in [0.4, 0.5) is 19.2 Å². The quantitative estimate of drug-likeness (QED) is 0.00997. The molecule has 0 aliphatic carbocycles. The lowest BCUT2D eigenvalue weighted by Gasteiger charge is -2.21. The molecule has 7 amide bonds. The Morgan fingerprint density at radius 3 is 0.785 bits per heavy atom. The van der Waals surface area contributed by atoms with Crippen molar-refractivity contribution in [1.29, 1.82) is 0 Å². The summed E-state index contributed by atoms with van der Waals surface area (Å²) in [6, 6.07) is 50.9. The molecular formula is C93H108N8O20. The van der Waals surface area contributed by atoms with Gasteiger partial charge in [0.1, 0.15) is 49.4 Å². The Bertz CT molecular complexity index is 4760. The second-order valence-electron chi connectivity index (χ2n) is 28.9. The molecule has 0 saturated carbocycles. The molecule has 0 saturated heterocycles. The fourth-order valence-electron chi connectivity index (χ4n) is 13.2. The lowest BCUT2D eigenvalue weighted by Crippen LogP contribution is -2.42. The lowest BCUT2D eigenvalue weighted by molar-refractivity contribution is -0.121. The summed E-state index contributed by atoms with van der Waals surface area (Å²) in [4.78, 5) is 165. The molecule has 8 rings (SSSR count). The number of unbranched alkanes of at least 4 members (excludes halogenated alkanes) is 4. The molecule has 121 heavy (non-hydrogen) atoms. The molecule has 4 atom stereocenters. The zero-order chi connectivity index (χ0) is 86.7. The van der Waals surface area contributed by atoms with Crippen molar-refractivity contribution < 1.29 is 95.4 Å². The van der Waals surface area contributed by atoms with Crippen LogP contribution in [-0.2, 0) is 90.2 Å². The van der Waals surface area contributed by atoms with E-state index in [2.05, 4.69) is 37.2 Å².